The Balaban J connectivity index is 2.13. The Bertz CT molecular complexity index is 803. The molecule has 2 rings (SSSR count). The first-order valence-corrected chi connectivity index (χ1v) is 8.34. The summed E-state index contributed by atoms with van der Waals surface area (Å²) in [4.78, 5) is 0. The molecule has 0 radical (unpaired) electrons. The topological polar surface area (TPSA) is 55.4 Å². The lowest BCUT2D eigenvalue weighted by Gasteiger charge is -2.13. The number of alkyl halides is 3. The Morgan fingerprint density at radius 1 is 1.00 bits per heavy atom. The summed E-state index contributed by atoms with van der Waals surface area (Å²) in [7, 11) is -3.90. The van der Waals surface area contributed by atoms with Crippen molar-refractivity contribution in [2.45, 2.75) is 6.18 Å². The van der Waals surface area contributed by atoms with E-state index >= 15 is 0 Å². The second-order valence-corrected chi connectivity index (χ2v) is 6.33. The van der Waals surface area contributed by atoms with Crippen LogP contribution < -0.4 is 9.46 Å². The zero-order valence-corrected chi connectivity index (χ0v) is 13.1. The molecule has 0 amide bonds. The minimum Gasteiger partial charge on any atom is -0.482 e. The lowest BCUT2D eigenvalue weighted by atomic mass is 10.2. The molecule has 0 aliphatic heterocycles. The minimum atomic E-state index is -4.51. The van der Waals surface area contributed by atoms with Crippen molar-refractivity contribution in [1.82, 2.24) is 0 Å². The third-order valence-corrected chi connectivity index (χ3v) is 3.77. The fourth-order valence-electron chi connectivity index (χ4n) is 1.76. The van der Waals surface area contributed by atoms with Gasteiger partial charge < -0.3 is 4.74 Å². The maximum atomic E-state index is 12.2. The van der Waals surface area contributed by atoms with Crippen molar-refractivity contribution in [2.24, 2.45) is 0 Å². The van der Waals surface area contributed by atoms with Crippen LogP contribution in [-0.4, -0.2) is 21.2 Å². The van der Waals surface area contributed by atoms with E-state index in [1.807, 2.05) is 0 Å². The monoisotopic (exact) mass is 357 g/mol. The van der Waals surface area contributed by atoms with Crippen LogP contribution >= 0.6 is 0 Å². The number of nitrogens with one attached hydrogen (secondary N) is 1. The second-order valence-electron chi connectivity index (χ2n) is 4.76. The predicted molar refractivity (Wildman–Crippen MR) is 86.0 cm³/mol. The zero-order valence-electron chi connectivity index (χ0n) is 12.3. The average Bonchev–Trinajstić information content (AvgIpc) is 2.52. The number of para-hydroxylation sites is 2. The van der Waals surface area contributed by atoms with E-state index < -0.39 is 22.8 Å². The molecule has 24 heavy (non-hydrogen) atoms. The van der Waals surface area contributed by atoms with Crippen molar-refractivity contribution in [2.75, 3.05) is 11.3 Å². The van der Waals surface area contributed by atoms with Gasteiger partial charge in [-0.1, -0.05) is 42.5 Å². The number of hydrogen-bond donors (Lipinski definition) is 1. The average molecular weight is 357 g/mol. The molecule has 0 spiro atoms. The molecule has 0 aliphatic carbocycles. The fraction of sp³-hybridized carbons (Fsp3) is 0.125. The highest BCUT2D eigenvalue weighted by Crippen LogP contribution is 2.27. The van der Waals surface area contributed by atoms with E-state index in [2.05, 4.69) is 9.46 Å². The molecule has 0 unspecified atom stereocenters. The molecule has 2 aromatic rings. The van der Waals surface area contributed by atoms with Gasteiger partial charge in [0.15, 0.2) is 6.61 Å². The van der Waals surface area contributed by atoms with E-state index in [-0.39, 0.29) is 11.4 Å². The maximum Gasteiger partial charge on any atom is 0.422 e. The summed E-state index contributed by atoms with van der Waals surface area (Å²) < 4.78 is 67.7. The molecule has 0 saturated carbocycles. The highest BCUT2D eigenvalue weighted by molar-refractivity contribution is 7.95. The van der Waals surface area contributed by atoms with Gasteiger partial charge in [0.05, 0.1) is 11.1 Å². The van der Waals surface area contributed by atoms with Gasteiger partial charge in [0, 0.05) is 0 Å². The molecule has 0 aliphatic rings. The normalized spacial score (nSPS) is 12.3. The van der Waals surface area contributed by atoms with Crippen LogP contribution in [-0.2, 0) is 10.0 Å². The number of rotatable bonds is 6. The molecule has 4 nitrogen and oxygen atoms in total. The Hall–Kier alpha value is -2.48. The van der Waals surface area contributed by atoms with Crippen LogP contribution in [0.3, 0.4) is 0 Å². The predicted octanol–water partition coefficient (Wildman–Crippen LogP) is 4.04. The molecule has 0 aromatic heterocycles. The van der Waals surface area contributed by atoms with Crippen LogP contribution in [0.15, 0.2) is 60.0 Å². The SMILES string of the molecule is O=S(=O)(/C=C/c1ccccc1)Nc1ccccc1OCC(F)(F)F. The molecule has 0 fully saturated rings. The number of benzene rings is 2. The molecule has 8 heteroatoms. The maximum absolute atomic E-state index is 12.2. The summed E-state index contributed by atoms with van der Waals surface area (Å²) in [5.41, 5.74) is 0.601. The molecule has 0 bridgehead atoms. The summed E-state index contributed by atoms with van der Waals surface area (Å²) in [6.07, 6.45) is -3.14. The largest absolute Gasteiger partial charge is 0.482 e. The number of hydrogen-bond acceptors (Lipinski definition) is 3. The van der Waals surface area contributed by atoms with E-state index in [1.165, 1.54) is 30.3 Å². The van der Waals surface area contributed by atoms with Crippen molar-refractivity contribution < 1.29 is 26.3 Å². The first-order chi connectivity index (χ1) is 11.3. The summed E-state index contributed by atoms with van der Waals surface area (Å²) in [6.45, 7) is -1.51. The third-order valence-electron chi connectivity index (χ3n) is 2.77. The van der Waals surface area contributed by atoms with E-state index in [9.17, 15) is 21.6 Å². The van der Waals surface area contributed by atoms with Crippen LogP contribution in [0.4, 0.5) is 18.9 Å². The Morgan fingerprint density at radius 2 is 1.62 bits per heavy atom. The number of ether oxygens (including phenoxy) is 1. The van der Waals surface area contributed by atoms with Crippen LogP contribution in [0.25, 0.3) is 6.08 Å². The smallest absolute Gasteiger partial charge is 0.422 e. The molecule has 1 N–H and O–H groups in total. The molecule has 0 saturated heterocycles. The van der Waals surface area contributed by atoms with E-state index in [0.29, 0.717) is 5.56 Å². The van der Waals surface area contributed by atoms with Crippen molar-refractivity contribution in [3.8, 4) is 5.75 Å². The summed E-state index contributed by atoms with van der Waals surface area (Å²) in [6, 6.07) is 14.2. The summed E-state index contributed by atoms with van der Waals surface area (Å²) in [5, 5.41) is 0.933. The van der Waals surface area contributed by atoms with Crippen molar-refractivity contribution >= 4 is 21.8 Å². The second kappa shape index (κ2) is 7.39. The molecular formula is C16H14F3NO3S. The number of halogens is 3. The van der Waals surface area contributed by atoms with Crippen LogP contribution in [0.5, 0.6) is 5.75 Å². The molecular weight excluding hydrogens is 343 g/mol. The van der Waals surface area contributed by atoms with Gasteiger partial charge in [0.1, 0.15) is 5.75 Å². The third kappa shape index (κ3) is 5.96. The van der Waals surface area contributed by atoms with Crippen molar-refractivity contribution in [3.05, 3.63) is 65.6 Å². The standard InChI is InChI=1S/C16H14F3NO3S/c17-16(18,19)12-23-15-9-5-4-8-14(15)20-24(21,22)11-10-13-6-2-1-3-7-13/h1-11,20H,12H2/b11-10+. The molecule has 2 aromatic carbocycles. The summed E-state index contributed by atoms with van der Waals surface area (Å²) >= 11 is 0. The zero-order chi connectivity index (χ0) is 17.6. The Morgan fingerprint density at radius 3 is 2.29 bits per heavy atom. The van der Waals surface area contributed by atoms with Crippen molar-refractivity contribution in [3.63, 3.8) is 0 Å². The van der Waals surface area contributed by atoms with Gasteiger partial charge in [0.2, 0.25) is 0 Å². The molecule has 0 atom stereocenters. The van der Waals surface area contributed by atoms with Crippen LogP contribution in [0.1, 0.15) is 5.56 Å². The van der Waals surface area contributed by atoms with E-state index in [0.717, 1.165) is 5.41 Å². The fourth-order valence-corrected chi connectivity index (χ4v) is 2.64. The number of anilines is 1. The van der Waals surface area contributed by atoms with Gasteiger partial charge in [-0.05, 0) is 23.8 Å². The first kappa shape index (κ1) is 17.9. The Labute approximate surface area is 137 Å². The van der Waals surface area contributed by atoms with Gasteiger partial charge in [0.25, 0.3) is 10.0 Å². The highest BCUT2D eigenvalue weighted by atomic mass is 32.2. The van der Waals surface area contributed by atoms with E-state index in [4.69, 9.17) is 0 Å². The van der Waals surface area contributed by atoms with Crippen LogP contribution in [0.2, 0.25) is 0 Å². The van der Waals surface area contributed by atoms with Gasteiger partial charge >= 0.3 is 6.18 Å². The first-order valence-electron chi connectivity index (χ1n) is 6.80. The lowest BCUT2D eigenvalue weighted by Crippen LogP contribution is -2.20. The molecule has 128 valence electrons. The Kier molecular flexibility index (Phi) is 5.50. The highest BCUT2D eigenvalue weighted by Gasteiger charge is 2.29. The van der Waals surface area contributed by atoms with Gasteiger partial charge in [-0.3, -0.25) is 4.72 Å². The van der Waals surface area contributed by atoms with Crippen LogP contribution in [0, 0.1) is 0 Å². The quantitative estimate of drug-likeness (QED) is 0.849. The van der Waals surface area contributed by atoms with Gasteiger partial charge in [-0.2, -0.15) is 13.2 Å². The minimum absolute atomic E-state index is 0.0699. The van der Waals surface area contributed by atoms with Crippen molar-refractivity contribution in [1.29, 1.82) is 0 Å². The molecule has 0 heterocycles. The van der Waals surface area contributed by atoms with Gasteiger partial charge in [-0.15, -0.1) is 0 Å². The van der Waals surface area contributed by atoms with E-state index in [1.54, 1.807) is 30.3 Å². The number of sulfonamides is 1. The van der Waals surface area contributed by atoms with Gasteiger partial charge in [-0.25, -0.2) is 8.42 Å². The summed E-state index contributed by atoms with van der Waals surface area (Å²) in [5.74, 6) is -0.202. The lowest BCUT2D eigenvalue weighted by molar-refractivity contribution is -0.153.